The number of rotatable bonds is 7. The second-order valence-electron chi connectivity index (χ2n) is 4.86. The first kappa shape index (κ1) is 16.0. The van der Waals surface area contributed by atoms with E-state index in [0.717, 1.165) is 49.0 Å². The lowest BCUT2D eigenvalue weighted by Crippen LogP contribution is -2.07. The first-order valence-corrected chi connectivity index (χ1v) is 8.43. The molecule has 0 saturated carbocycles. The molecule has 1 aromatic heterocycles. The van der Waals surface area contributed by atoms with E-state index in [9.17, 15) is 0 Å². The van der Waals surface area contributed by atoms with E-state index in [1.807, 2.05) is 6.07 Å². The molecule has 1 aromatic carbocycles. The quantitative estimate of drug-likeness (QED) is 0.672. The topological polar surface area (TPSA) is 49.8 Å². The molecule has 21 heavy (non-hydrogen) atoms. The normalized spacial score (nSPS) is 10.4. The zero-order chi connectivity index (χ0) is 15.1. The molecule has 0 atom stereocenters. The fourth-order valence-electron chi connectivity index (χ4n) is 1.92. The molecule has 0 bridgehead atoms. The fraction of sp³-hybridized carbons (Fsp3) is 0.375. The van der Waals surface area contributed by atoms with Crippen LogP contribution >= 0.6 is 22.6 Å². The predicted molar refractivity (Wildman–Crippen MR) is 97.2 cm³/mol. The number of aryl methyl sites for hydroxylation is 1. The molecule has 0 aliphatic heterocycles. The van der Waals surface area contributed by atoms with Crippen molar-refractivity contribution in [3.8, 4) is 0 Å². The largest absolute Gasteiger partial charge is 0.370 e. The number of hydrogen-bond acceptors (Lipinski definition) is 4. The van der Waals surface area contributed by atoms with Crippen LogP contribution in [0.25, 0.3) is 0 Å². The van der Waals surface area contributed by atoms with Gasteiger partial charge in [0.1, 0.15) is 17.5 Å². The van der Waals surface area contributed by atoms with Crippen LogP contribution in [0.15, 0.2) is 30.3 Å². The second-order valence-corrected chi connectivity index (χ2v) is 6.11. The van der Waals surface area contributed by atoms with Crippen LogP contribution in [0, 0.1) is 3.57 Å². The van der Waals surface area contributed by atoms with Crippen molar-refractivity contribution in [2.24, 2.45) is 0 Å². The van der Waals surface area contributed by atoms with Gasteiger partial charge in [-0.2, -0.15) is 0 Å². The molecule has 4 nitrogen and oxygen atoms in total. The molecule has 1 heterocycles. The van der Waals surface area contributed by atoms with Crippen LogP contribution in [0.4, 0.5) is 17.3 Å². The van der Waals surface area contributed by atoms with Crippen molar-refractivity contribution < 1.29 is 0 Å². The van der Waals surface area contributed by atoms with Gasteiger partial charge in [-0.15, -0.1) is 0 Å². The molecule has 0 aliphatic rings. The fourth-order valence-corrected chi connectivity index (χ4v) is 2.28. The van der Waals surface area contributed by atoms with E-state index < -0.39 is 0 Å². The van der Waals surface area contributed by atoms with Crippen molar-refractivity contribution in [2.75, 3.05) is 17.2 Å². The van der Waals surface area contributed by atoms with Crippen molar-refractivity contribution >= 4 is 39.9 Å². The Bertz CT molecular complexity index is 569. The Labute approximate surface area is 139 Å². The Kier molecular flexibility index (Phi) is 6.22. The Hall–Kier alpha value is -1.37. The molecule has 0 saturated heterocycles. The van der Waals surface area contributed by atoms with Crippen LogP contribution in [0.3, 0.4) is 0 Å². The summed E-state index contributed by atoms with van der Waals surface area (Å²) in [6.07, 6.45) is 3.01. The van der Waals surface area contributed by atoms with Gasteiger partial charge in [0.25, 0.3) is 0 Å². The average Bonchev–Trinajstić information content (AvgIpc) is 2.48. The summed E-state index contributed by atoms with van der Waals surface area (Å²) in [4.78, 5) is 9.14. The molecule has 0 aliphatic carbocycles. The van der Waals surface area contributed by atoms with Crippen LogP contribution in [0.2, 0.25) is 0 Å². The number of nitrogens with zero attached hydrogens (tertiary/aromatic N) is 2. The molecule has 2 aromatic rings. The second kappa shape index (κ2) is 8.17. The molecular weight excluding hydrogens is 375 g/mol. The maximum Gasteiger partial charge on any atom is 0.136 e. The predicted octanol–water partition coefficient (Wildman–Crippen LogP) is 4.60. The highest BCUT2D eigenvalue weighted by Gasteiger charge is 2.04. The third-order valence-corrected chi connectivity index (χ3v) is 3.64. The lowest BCUT2D eigenvalue weighted by Gasteiger charge is -2.11. The van der Waals surface area contributed by atoms with Gasteiger partial charge in [-0.05, 0) is 59.7 Å². The van der Waals surface area contributed by atoms with E-state index in [1.165, 1.54) is 3.57 Å². The monoisotopic (exact) mass is 396 g/mol. The Morgan fingerprint density at radius 3 is 2.38 bits per heavy atom. The molecule has 0 spiro atoms. The van der Waals surface area contributed by atoms with Gasteiger partial charge in [-0.3, -0.25) is 0 Å². The maximum absolute atomic E-state index is 4.58. The molecule has 112 valence electrons. The summed E-state index contributed by atoms with van der Waals surface area (Å²) < 4.78 is 1.22. The Morgan fingerprint density at radius 2 is 1.71 bits per heavy atom. The van der Waals surface area contributed by atoms with Gasteiger partial charge in [0, 0.05) is 28.3 Å². The molecule has 0 radical (unpaired) electrons. The minimum atomic E-state index is 0.841. The Morgan fingerprint density at radius 1 is 1.00 bits per heavy atom. The summed E-state index contributed by atoms with van der Waals surface area (Å²) in [5, 5.41) is 6.69. The first-order chi connectivity index (χ1) is 10.2. The van der Waals surface area contributed by atoms with E-state index >= 15 is 0 Å². The van der Waals surface area contributed by atoms with Crippen molar-refractivity contribution in [2.45, 2.75) is 33.1 Å². The van der Waals surface area contributed by atoms with Gasteiger partial charge in [-0.25, -0.2) is 9.97 Å². The zero-order valence-corrected chi connectivity index (χ0v) is 14.6. The van der Waals surface area contributed by atoms with Gasteiger partial charge in [0.2, 0.25) is 0 Å². The molecule has 2 rings (SSSR count). The van der Waals surface area contributed by atoms with E-state index in [-0.39, 0.29) is 0 Å². The number of anilines is 3. The van der Waals surface area contributed by atoms with Gasteiger partial charge in [0.05, 0.1) is 0 Å². The molecule has 0 amide bonds. The van der Waals surface area contributed by atoms with Gasteiger partial charge in [0.15, 0.2) is 0 Å². The summed E-state index contributed by atoms with van der Waals surface area (Å²) in [5.41, 5.74) is 1.04. The molecule has 0 unspecified atom stereocenters. The number of halogens is 1. The standard InChI is InChI=1S/C16H21IN4/c1-3-5-14-20-15(18-10-4-2)11-16(21-14)19-13-8-6-12(17)7-9-13/h6-9,11H,3-5,10H2,1-2H3,(H2,18,19,20,21). The first-order valence-electron chi connectivity index (χ1n) is 7.35. The SMILES string of the molecule is CCCNc1cc(Nc2ccc(I)cc2)nc(CCC)n1. The average molecular weight is 396 g/mol. The van der Waals surface area contributed by atoms with Gasteiger partial charge < -0.3 is 10.6 Å². The number of nitrogens with one attached hydrogen (secondary N) is 2. The van der Waals surface area contributed by atoms with Crippen molar-refractivity contribution in [3.63, 3.8) is 0 Å². The van der Waals surface area contributed by atoms with E-state index in [1.54, 1.807) is 0 Å². The van der Waals surface area contributed by atoms with Crippen LogP contribution in [0.5, 0.6) is 0 Å². The summed E-state index contributed by atoms with van der Waals surface area (Å²) >= 11 is 2.30. The summed E-state index contributed by atoms with van der Waals surface area (Å²) in [7, 11) is 0. The van der Waals surface area contributed by atoms with E-state index in [2.05, 4.69) is 81.3 Å². The van der Waals surface area contributed by atoms with Crippen LogP contribution in [0.1, 0.15) is 32.5 Å². The summed E-state index contributed by atoms with van der Waals surface area (Å²) in [6.45, 7) is 5.21. The van der Waals surface area contributed by atoms with Crippen molar-refractivity contribution in [1.82, 2.24) is 9.97 Å². The minimum Gasteiger partial charge on any atom is -0.370 e. The maximum atomic E-state index is 4.58. The number of hydrogen-bond donors (Lipinski definition) is 2. The van der Waals surface area contributed by atoms with Crippen molar-refractivity contribution in [3.05, 3.63) is 39.7 Å². The third kappa shape index (κ3) is 5.15. The van der Waals surface area contributed by atoms with Crippen LogP contribution in [-0.2, 0) is 6.42 Å². The van der Waals surface area contributed by atoms with E-state index in [4.69, 9.17) is 0 Å². The van der Waals surface area contributed by atoms with Crippen LogP contribution in [-0.4, -0.2) is 16.5 Å². The third-order valence-electron chi connectivity index (χ3n) is 2.92. The summed E-state index contributed by atoms with van der Waals surface area (Å²) in [6, 6.07) is 10.2. The molecule has 0 fully saturated rings. The van der Waals surface area contributed by atoms with Gasteiger partial charge >= 0.3 is 0 Å². The van der Waals surface area contributed by atoms with Crippen LogP contribution < -0.4 is 10.6 Å². The molecule has 5 heteroatoms. The Balaban J connectivity index is 2.19. The number of aromatic nitrogens is 2. The lowest BCUT2D eigenvalue weighted by atomic mass is 10.3. The lowest BCUT2D eigenvalue weighted by molar-refractivity contribution is 0.834. The minimum absolute atomic E-state index is 0.841. The number of benzene rings is 1. The van der Waals surface area contributed by atoms with Gasteiger partial charge in [-0.1, -0.05) is 13.8 Å². The van der Waals surface area contributed by atoms with Crippen molar-refractivity contribution in [1.29, 1.82) is 0 Å². The highest BCUT2D eigenvalue weighted by Crippen LogP contribution is 2.19. The molecular formula is C16H21IN4. The highest BCUT2D eigenvalue weighted by molar-refractivity contribution is 14.1. The van der Waals surface area contributed by atoms with E-state index in [0.29, 0.717) is 0 Å². The summed E-state index contributed by atoms with van der Waals surface area (Å²) in [5.74, 6) is 2.61. The highest BCUT2D eigenvalue weighted by atomic mass is 127. The zero-order valence-electron chi connectivity index (χ0n) is 12.5. The molecule has 2 N–H and O–H groups in total. The smallest absolute Gasteiger partial charge is 0.136 e.